The second kappa shape index (κ2) is 7.83. The van der Waals surface area contributed by atoms with E-state index >= 15 is 0 Å². The van der Waals surface area contributed by atoms with E-state index in [2.05, 4.69) is 48.3 Å². The van der Waals surface area contributed by atoms with Crippen LogP contribution < -0.4 is 10.6 Å². The average Bonchev–Trinajstić information content (AvgIpc) is 2.93. The van der Waals surface area contributed by atoms with Gasteiger partial charge >= 0.3 is 0 Å². The normalized spacial score (nSPS) is 10.9. The number of hydrogen-bond acceptors (Lipinski definition) is 5. The van der Waals surface area contributed by atoms with Gasteiger partial charge in [-0.15, -0.1) is 10.2 Å². The van der Waals surface area contributed by atoms with Crippen molar-refractivity contribution in [3.63, 3.8) is 0 Å². The van der Waals surface area contributed by atoms with Gasteiger partial charge in [0.05, 0.1) is 0 Å². The Kier molecular flexibility index (Phi) is 5.52. The molecule has 2 N–H and O–H groups in total. The number of nitrogens with zero attached hydrogens (tertiary/aromatic N) is 3. The monoisotopic (exact) mass is 368 g/mol. The van der Waals surface area contributed by atoms with Crippen LogP contribution in [0.25, 0.3) is 0 Å². The molecule has 136 valence electrons. The average molecular weight is 369 g/mol. The molecule has 0 aliphatic rings. The highest BCUT2D eigenvalue weighted by molar-refractivity contribution is 7.98. The van der Waals surface area contributed by atoms with E-state index < -0.39 is 0 Å². The highest BCUT2D eigenvalue weighted by Gasteiger charge is 2.12. The van der Waals surface area contributed by atoms with Gasteiger partial charge in [-0.25, -0.2) is 4.68 Å². The van der Waals surface area contributed by atoms with Crippen molar-refractivity contribution in [1.82, 2.24) is 14.9 Å². The molecule has 3 rings (SSSR count). The van der Waals surface area contributed by atoms with E-state index in [4.69, 9.17) is 10.6 Å². The van der Waals surface area contributed by atoms with Crippen molar-refractivity contribution >= 4 is 11.8 Å². The van der Waals surface area contributed by atoms with Crippen LogP contribution in [0.2, 0.25) is 0 Å². The molecule has 26 heavy (non-hydrogen) atoms. The molecule has 0 spiro atoms. The molecule has 3 aromatic rings. The predicted molar refractivity (Wildman–Crippen MR) is 106 cm³/mol. The second-order valence-electron chi connectivity index (χ2n) is 6.60. The Morgan fingerprint density at radius 1 is 0.962 bits per heavy atom. The topological polar surface area (TPSA) is 66.0 Å². The van der Waals surface area contributed by atoms with Crippen LogP contribution >= 0.6 is 11.8 Å². The molecule has 0 fully saturated rings. The molecule has 5 nitrogen and oxygen atoms in total. The van der Waals surface area contributed by atoms with Crippen molar-refractivity contribution in [3.8, 4) is 5.75 Å². The fourth-order valence-electron chi connectivity index (χ4n) is 2.77. The number of nitrogen functional groups attached to an aromatic ring is 1. The van der Waals surface area contributed by atoms with Crippen molar-refractivity contribution in [2.45, 2.75) is 45.2 Å². The predicted octanol–water partition coefficient (Wildman–Crippen LogP) is 4.10. The molecule has 0 aliphatic carbocycles. The van der Waals surface area contributed by atoms with E-state index in [1.165, 1.54) is 32.5 Å². The molecule has 0 unspecified atom stereocenters. The van der Waals surface area contributed by atoms with E-state index in [1.807, 2.05) is 26.0 Å². The lowest BCUT2D eigenvalue weighted by molar-refractivity contribution is 0.291. The minimum absolute atomic E-state index is 0.288. The first kappa shape index (κ1) is 18.3. The highest BCUT2D eigenvalue weighted by atomic mass is 32.2. The van der Waals surface area contributed by atoms with Crippen LogP contribution in [-0.2, 0) is 12.4 Å². The number of ether oxygens (including phenoxy) is 1. The molecule has 1 aromatic heterocycles. The number of benzene rings is 2. The van der Waals surface area contributed by atoms with Gasteiger partial charge in [0.1, 0.15) is 12.4 Å². The highest BCUT2D eigenvalue weighted by Crippen LogP contribution is 2.24. The third-order valence-corrected chi connectivity index (χ3v) is 5.15. The van der Waals surface area contributed by atoms with Crippen LogP contribution in [0.1, 0.15) is 33.6 Å². The summed E-state index contributed by atoms with van der Waals surface area (Å²) in [7, 11) is 0. The fourth-order valence-corrected chi connectivity index (χ4v) is 3.70. The van der Waals surface area contributed by atoms with Crippen LogP contribution in [0.3, 0.4) is 0 Å². The SMILES string of the molecule is Cc1cc(C)cc(OCc2nnc(SCc3cc(C)ccc3C)n2N)c1. The van der Waals surface area contributed by atoms with Crippen molar-refractivity contribution in [2.75, 3.05) is 5.84 Å². The minimum Gasteiger partial charge on any atom is -0.486 e. The minimum atomic E-state index is 0.288. The lowest BCUT2D eigenvalue weighted by Gasteiger charge is -2.09. The Balaban J connectivity index is 1.65. The largest absolute Gasteiger partial charge is 0.486 e. The second-order valence-corrected chi connectivity index (χ2v) is 7.54. The lowest BCUT2D eigenvalue weighted by atomic mass is 10.1. The van der Waals surface area contributed by atoms with E-state index in [-0.39, 0.29) is 6.61 Å². The first-order chi connectivity index (χ1) is 12.4. The van der Waals surface area contributed by atoms with Gasteiger partial charge in [0.25, 0.3) is 0 Å². The Morgan fingerprint density at radius 2 is 1.69 bits per heavy atom. The molecular weight excluding hydrogens is 344 g/mol. The molecule has 0 amide bonds. The Morgan fingerprint density at radius 3 is 2.42 bits per heavy atom. The molecular formula is C20H24N4OS. The summed E-state index contributed by atoms with van der Waals surface area (Å²) in [5.41, 5.74) is 6.14. The summed E-state index contributed by atoms with van der Waals surface area (Å²) in [6.45, 7) is 8.60. The maximum Gasteiger partial charge on any atom is 0.210 e. The molecule has 1 heterocycles. The summed E-state index contributed by atoms with van der Waals surface area (Å²) in [6.07, 6.45) is 0. The molecule has 0 bridgehead atoms. The van der Waals surface area contributed by atoms with Gasteiger partial charge in [0.15, 0.2) is 5.82 Å². The third-order valence-electron chi connectivity index (χ3n) is 4.16. The van der Waals surface area contributed by atoms with Gasteiger partial charge < -0.3 is 10.6 Å². The molecule has 2 aromatic carbocycles. The van der Waals surface area contributed by atoms with Crippen LogP contribution in [0, 0.1) is 27.7 Å². The molecule has 6 heteroatoms. The number of nitrogens with two attached hydrogens (primary N) is 1. The van der Waals surface area contributed by atoms with Crippen LogP contribution in [-0.4, -0.2) is 14.9 Å². The first-order valence-electron chi connectivity index (χ1n) is 8.52. The lowest BCUT2D eigenvalue weighted by Crippen LogP contribution is -2.15. The first-order valence-corrected chi connectivity index (χ1v) is 9.50. The summed E-state index contributed by atoms with van der Waals surface area (Å²) in [5.74, 6) is 8.38. The van der Waals surface area contributed by atoms with E-state index in [0.29, 0.717) is 11.0 Å². The summed E-state index contributed by atoms with van der Waals surface area (Å²) in [6, 6.07) is 12.6. The molecule has 0 aliphatic heterocycles. The van der Waals surface area contributed by atoms with Gasteiger partial charge in [0.2, 0.25) is 5.16 Å². The van der Waals surface area contributed by atoms with E-state index in [9.17, 15) is 0 Å². The zero-order chi connectivity index (χ0) is 18.7. The summed E-state index contributed by atoms with van der Waals surface area (Å²) < 4.78 is 7.35. The molecule has 0 atom stereocenters. The van der Waals surface area contributed by atoms with Gasteiger partial charge in [-0.3, -0.25) is 0 Å². The van der Waals surface area contributed by atoms with E-state index in [0.717, 1.165) is 11.5 Å². The Labute approximate surface area is 158 Å². The summed E-state index contributed by atoms with van der Waals surface area (Å²) >= 11 is 1.58. The van der Waals surface area contributed by atoms with Gasteiger partial charge in [-0.2, -0.15) is 0 Å². The number of aryl methyl sites for hydroxylation is 4. The summed E-state index contributed by atoms with van der Waals surface area (Å²) in [5, 5.41) is 9.06. The zero-order valence-corrected chi connectivity index (χ0v) is 16.4. The van der Waals surface area contributed by atoms with Crippen molar-refractivity contribution in [2.24, 2.45) is 0 Å². The number of hydrogen-bond donors (Lipinski definition) is 1. The Bertz CT molecular complexity index is 900. The standard InChI is InChI=1S/C20H24N4OS/c1-13-5-6-16(4)17(8-13)12-26-20-23-22-19(24(20)21)11-25-18-9-14(2)7-15(3)10-18/h5-10H,11-12,21H2,1-4H3. The number of thioether (sulfide) groups is 1. The van der Waals surface area contributed by atoms with Gasteiger partial charge in [-0.05, 0) is 62.1 Å². The Hall–Kier alpha value is -2.47. The van der Waals surface area contributed by atoms with Crippen molar-refractivity contribution in [1.29, 1.82) is 0 Å². The fraction of sp³-hybridized carbons (Fsp3) is 0.300. The zero-order valence-electron chi connectivity index (χ0n) is 15.6. The summed E-state index contributed by atoms with van der Waals surface area (Å²) in [4.78, 5) is 0. The van der Waals surface area contributed by atoms with Gasteiger partial charge in [-0.1, -0.05) is 41.6 Å². The molecule has 0 saturated carbocycles. The van der Waals surface area contributed by atoms with E-state index in [1.54, 1.807) is 11.8 Å². The van der Waals surface area contributed by atoms with Crippen LogP contribution in [0.4, 0.5) is 0 Å². The van der Waals surface area contributed by atoms with Crippen molar-refractivity contribution in [3.05, 3.63) is 70.0 Å². The van der Waals surface area contributed by atoms with Gasteiger partial charge in [0, 0.05) is 5.75 Å². The smallest absolute Gasteiger partial charge is 0.210 e. The maximum atomic E-state index is 6.15. The van der Waals surface area contributed by atoms with Crippen molar-refractivity contribution < 1.29 is 4.74 Å². The quantitative estimate of drug-likeness (QED) is 0.524. The third kappa shape index (κ3) is 4.38. The molecule has 0 radical (unpaired) electrons. The molecule has 0 saturated heterocycles. The number of rotatable bonds is 6. The maximum absolute atomic E-state index is 6.15. The van der Waals surface area contributed by atoms with Crippen LogP contribution in [0.5, 0.6) is 5.75 Å². The number of aromatic nitrogens is 3. The van der Waals surface area contributed by atoms with Crippen LogP contribution in [0.15, 0.2) is 41.6 Å².